The van der Waals surface area contributed by atoms with Crippen LogP contribution in [0.25, 0.3) is 92.1 Å². The van der Waals surface area contributed by atoms with Crippen molar-refractivity contribution in [3.05, 3.63) is 164 Å². The van der Waals surface area contributed by atoms with Gasteiger partial charge in [0.2, 0.25) is 5.95 Å². The van der Waals surface area contributed by atoms with Gasteiger partial charge in [-0.3, -0.25) is 4.57 Å². The lowest BCUT2D eigenvalue weighted by molar-refractivity contribution is 0.991. The van der Waals surface area contributed by atoms with Gasteiger partial charge in [0, 0.05) is 48.9 Å². The van der Waals surface area contributed by atoms with E-state index in [1.54, 1.807) is 0 Å². The van der Waals surface area contributed by atoms with E-state index in [2.05, 4.69) is 156 Å². The third-order valence-corrected chi connectivity index (χ3v) is 10.7. The number of para-hydroxylation sites is 1. The van der Waals surface area contributed by atoms with E-state index >= 15 is 0 Å². The van der Waals surface area contributed by atoms with Crippen LogP contribution in [0.15, 0.2) is 164 Å². The summed E-state index contributed by atoms with van der Waals surface area (Å²) >= 11 is 1.86. The van der Waals surface area contributed by atoms with Crippen molar-refractivity contribution in [3.63, 3.8) is 0 Å². The Bertz CT molecular complexity index is 2760. The van der Waals surface area contributed by atoms with Gasteiger partial charge in [-0.1, -0.05) is 115 Å². The number of hydrogen-bond donors (Lipinski definition) is 0. The lowest BCUT2D eigenvalue weighted by Crippen LogP contribution is -2.00. The quantitative estimate of drug-likeness (QED) is 0.194. The minimum Gasteiger partial charge on any atom is -0.278 e. The largest absolute Gasteiger partial charge is 0.278 e. The number of nitrogens with zero attached hydrogens (tertiary/aromatic N) is 3. The van der Waals surface area contributed by atoms with Gasteiger partial charge in [-0.05, 0) is 75.0 Å². The van der Waals surface area contributed by atoms with Crippen molar-refractivity contribution >= 4 is 64.1 Å². The van der Waals surface area contributed by atoms with Crippen molar-refractivity contribution in [3.8, 4) is 39.3 Å². The number of hydrogen-bond acceptors (Lipinski definition) is 3. The predicted molar refractivity (Wildman–Crippen MR) is 203 cm³/mol. The van der Waals surface area contributed by atoms with Crippen LogP contribution < -0.4 is 0 Å². The van der Waals surface area contributed by atoms with Crippen LogP contribution >= 0.6 is 11.3 Å². The van der Waals surface area contributed by atoms with Crippen LogP contribution in [-0.2, 0) is 0 Å². The molecule has 0 amide bonds. The van der Waals surface area contributed by atoms with E-state index in [-0.39, 0.29) is 0 Å². The van der Waals surface area contributed by atoms with E-state index in [1.165, 1.54) is 64.0 Å². The molecule has 0 radical (unpaired) electrons. The molecule has 7 aromatic carbocycles. The van der Waals surface area contributed by atoms with Gasteiger partial charge in [0.25, 0.3) is 0 Å². The van der Waals surface area contributed by atoms with Crippen LogP contribution in [0, 0.1) is 0 Å². The summed E-state index contributed by atoms with van der Waals surface area (Å²) in [5.74, 6) is 0.665. The Morgan fingerprint density at radius 1 is 0.396 bits per heavy atom. The smallest absolute Gasteiger partial charge is 0.234 e. The van der Waals surface area contributed by atoms with Crippen molar-refractivity contribution in [2.24, 2.45) is 0 Å². The second-order valence-electron chi connectivity index (χ2n) is 12.3. The summed E-state index contributed by atoms with van der Waals surface area (Å²) in [5.41, 5.74) is 8.98. The second-order valence-corrected chi connectivity index (χ2v) is 13.3. The number of thiophene rings is 1. The number of fused-ring (bicyclic) bond motifs is 8. The molecule has 48 heavy (non-hydrogen) atoms. The first-order chi connectivity index (χ1) is 23.8. The molecule has 0 N–H and O–H groups in total. The highest BCUT2D eigenvalue weighted by atomic mass is 32.1. The first kappa shape index (κ1) is 27.1. The van der Waals surface area contributed by atoms with Crippen molar-refractivity contribution in [2.45, 2.75) is 0 Å². The van der Waals surface area contributed by atoms with Gasteiger partial charge in [-0.2, -0.15) is 0 Å². The highest BCUT2D eigenvalue weighted by Gasteiger charge is 2.18. The van der Waals surface area contributed by atoms with Gasteiger partial charge < -0.3 is 0 Å². The molecule has 3 heterocycles. The van der Waals surface area contributed by atoms with Crippen molar-refractivity contribution < 1.29 is 0 Å². The van der Waals surface area contributed by atoms with Crippen molar-refractivity contribution in [1.82, 2.24) is 14.5 Å². The van der Waals surface area contributed by atoms with Crippen molar-refractivity contribution in [2.75, 3.05) is 0 Å². The van der Waals surface area contributed by atoms with Gasteiger partial charge in [0.15, 0.2) is 0 Å². The summed E-state index contributed by atoms with van der Waals surface area (Å²) in [6.07, 6.45) is 3.93. The first-order valence-corrected chi connectivity index (χ1v) is 17.0. The summed E-state index contributed by atoms with van der Waals surface area (Å²) in [7, 11) is 0. The maximum absolute atomic E-state index is 5.02. The molecule has 0 unspecified atom stereocenters. The number of aromatic nitrogens is 3. The molecule has 0 aliphatic heterocycles. The maximum atomic E-state index is 5.02. The fourth-order valence-corrected chi connectivity index (χ4v) is 8.41. The SMILES string of the molecule is c1ccc(-c2cc(-c3ccccc3)cc(-c3cnc(-n4c5ccccc5c5cc6c(cc54)sc4c5ccccc5ccc64)nc3)c2)cc1. The topological polar surface area (TPSA) is 30.7 Å². The first-order valence-electron chi connectivity index (χ1n) is 16.1. The van der Waals surface area contributed by atoms with Crippen LogP contribution in [-0.4, -0.2) is 14.5 Å². The number of rotatable bonds is 4. The fourth-order valence-electron chi connectivity index (χ4n) is 7.16. The van der Waals surface area contributed by atoms with Gasteiger partial charge in [-0.15, -0.1) is 11.3 Å². The summed E-state index contributed by atoms with van der Waals surface area (Å²) < 4.78 is 4.81. The minimum atomic E-state index is 0.665. The van der Waals surface area contributed by atoms with E-state index in [4.69, 9.17) is 9.97 Å². The molecule has 0 spiro atoms. The molecular weight excluding hydrogens is 603 g/mol. The average molecular weight is 630 g/mol. The van der Waals surface area contributed by atoms with E-state index in [9.17, 15) is 0 Å². The summed E-state index contributed by atoms with van der Waals surface area (Å²) in [6.45, 7) is 0. The average Bonchev–Trinajstić information content (AvgIpc) is 3.69. The summed E-state index contributed by atoms with van der Waals surface area (Å²) in [5, 5.41) is 7.58. The van der Waals surface area contributed by atoms with Crippen LogP contribution in [0.4, 0.5) is 0 Å². The van der Waals surface area contributed by atoms with E-state index in [0.29, 0.717) is 5.95 Å². The van der Waals surface area contributed by atoms with Gasteiger partial charge in [0.1, 0.15) is 0 Å². The lowest BCUT2D eigenvalue weighted by atomic mass is 9.94. The molecule has 0 aliphatic carbocycles. The number of benzene rings is 7. The Kier molecular flexibility index (Phi) is 6.05. The molecule has 4 heteroatoms. The van der Waals surface area contributed by atoms with Gasteiger partial charge >= 0.3 is 0 Å². The summed E-state index contributed by atoms with van der Waals surface area (Å²) in [4.78, 5) is 10.0. The molecule has 0 saturated carbocycles. The molecule has 224 valence electrons. The monoisotopic (exact) mass is 629 g/mol. The standard InChI is InChI=1S/C44H27N3S/c1-3-11-28(12-4-1)31-21-32(29-13-5-2-6-14-29)23-33(22-31)34-26-45-44(46-27-34)47-40-18-10-9-17-36(40)38-24-39-37-20-19-30-15-7-8-16-35(30)43(37)48-42(39)25-41(38)47/h1-27H. The van der Waals surface area contributed by atoms with Crippen LogP contribution in [0.5, 0.6) is 0 Å². The third-order valence-electron chi connectivity index (χ3n) is 9.47. The Labute approximate surface area is 281 Å². The molecule has 0 aliphatic rings. The molecule has 0 atom stereocenters. The van der Waals surface area contributed by atoms with Crippen molar-refractivity contribution in [1.29, 1.82) is 0 Å². The zero-order valence-corrected chi connectivity index (χ0v) is 26.7. The lowest BCUT2D eigenvalue weighted by Gasteiger charge is -2.12. The van der Waals surface area contributed by atoms with E-state index in [0.717, 1.165) is 22.2 Å². The Morgan fingerprint density at radius 2 is 1.00 bits per heavy atom. The molecule has 0 saturated heterocycles. The van der Waals surface area contributed by atoms with Gasteiger partial charge in [0.05, 0.1) is 11.0 Å². The molecule has 10 aromatic rings. The summed E-state index contributed by atoms with van der Waals surface area (Å²) in [6, 6.07) is 54.3. The highest BCUT2D eigenvalue weighted by molar-refractivity contribution is 7.26. The van der Waals surface area contributed by atoms with E-state index < -0.39 is 0 Å². The minimum absolute atomic E-state index is 0.665. The zero-order chi connectivity index (χ0) is 31.6. The fraction of sp³-hybridized carbons (Fsp3) is 0. The maximum Gasteiger partial charge on any atom is 0.234 e. The molecule has 3 nitrogen and oxygen atoms in total. The van der Waals surface area contributed by atoms with Crippen LogP contribution in [0.2, 0.25) is 0 Å². The Balaban J connectivity index is 1.14. The normalized spacial score (nSPS) is 11.8. The second kappa shape index (κ2) is 10.7. The molecule has 0 bridgehead atoms. The highest BCUT2D eigenvalue weighted by Crippen LogP contribution is 2.42. The Hall–Kier alpha value is -6.10. The third kappa shape index (κ3) is 4.27. The molecule has 10 rings (SSSR count). The predicted octanol–water partition coefficient (Wildman–Crippen LogP) is 12.1. The molecular formula is C44H27N3S. The zero-order valence-electron chi connectivity index (χ0n) is 25.8. The van der Waals surface area contributed by atoms with E-state index in [1.807, 2.05) is 23.7 Å². The van der Waals surface area contributed by atoms with Gasteiger partial charge in [-0.25, -0.2) is 9.97 Å². The Morgan fingerprint density at radius 3 is 1.71 bits per heavy atom. The molecule has 0 fully saturated rings. The van der Waals surface area contributed by atoms with Crippen LogP contribution in [0.1, 0.15) is 0 Å². The van der Waals surface area contributed by atoms with Crippen LogP contribution in [0.3, 0.4) is 0 Å². The molecule has 3 aromatic heterocycles.